The van der Waals surface area contributed by atoms with Crippen LogP contribution in [-0.4, -0.2) is 17.3 Å². The Morgan fingerprint density at radius 2 is 2.04 bits per heavy atom. The number of hydrogen-bond donors (Lipinski definition) is 1. The van der Waals surface area contributed by atoms with E-state index in [1.54, 1.807) is 12.4 Å². The van der Waals surface area contributed by atoms with E-state index in [0.717, 1.165) is 11.3 Å². The first-order valence-corrected chi connectivity index (χ1v) is 7.77. The normalized spacial score (nSPS) is 12.7. The number of carbonyl (C=O) groups is 1. The van der Waals surface area contributed by atoms with Crippen LogP contribution in [0, 0.1) is 5.92 Å². The monoisotopic (exact) mass is 344 g/mol. The van der Waals surface area contributed by atoms with Crippen molar-refractivity contribution in [2.75, 3.05) is 0 Å². The summed E-state index contributed by atoms with van der Waals surface area (Å²) in [5.74, 6) is -0.710. The fraction of sp³-hybridized carbons (Fsp3) is 0.333. The lowest BCUT2D eigenvalue weighted by Crippen LogP contribution is -2.29. The van der Waals surface area contributed by atoms with Gasteiger partial charge in [0, 0.05) is 11.3 Å². The summed E-state index contributed by atoms with van der Waals surface area (Å²) in [6.45, 7) is 2.13. The van der Waals surface area contributed by atoms with Gasteiger partial charge in [-0.05, 0) is 24.1 Å². The van der Waals surface area contributed by atoms with Crippen molar-refractivity contribution in [3.63, 3.8) is 0 Å². The van der Waals surface area contributed by atoms with E-state index in [2.05, 4.69) is 15.0 Å². The summed E-state index contributed by atoms with van der Waals surface area (Å²) < 4.78 is 40.0. The second-order valence-corrected chi connectivity index (χ2v) is 5.71. The lowest BCUT2D eigenvalue weighted by Gasteiger charge is -2.13. The van der Waals surface area contributed by atoms with Gasteiger partial charge in [-0.3, -0.25) is 4.79 Å². The number of aromatic nitrogens is 1. The van der Waals surface area contributed by atoms with E-state index in [4.69, 9.17) is 0 Å². The Kier molecular flexibility index (Phi) is 5.59. The first-order chi connectivity index (χ1) is 10.8. The molecule has 1 amide bonds. The quantitative estimate of drug-likeness (QED) is 0.872. The van der Waals surface area contributed by atoms with Crippen molar-refractivity contribution in [2.45, 2.75) is 26.3 Å². The van der Waals surface area contributed by atoms with Crippen LogP contribution in [0.25, 0.3) is 0 Å². The molecule has 0 radical (unpaired) electrons. The van der Waals surface area contributed by atoms with Crippen LogP contribution in [0.5, 0.6) is 5.75 Å². The lowest BCUT2D eigenvalue weighted by atomic mass is 10.0. The molecule has 8 heteroatoms. The number of carbonyl (C=O) groups excluding carboxylic acids is 1. The average molecular weight is 344 g/mol. The molecule has 0 aliphatic carbocycles. The third-order valence-corrected chi connectivity index (χ3v) is 3.71. The molecule has 0 saturated heterocycles. The maximum absolute atomic E-state index is 12.1. The Hall–Kier alpha value is -2.09. The minimum absolute atomic E-state index is 0.131. The van der Waals surface area contributed by atoms with Gasteiger partial charge < -0.3 is 10.1 Å². The SMILES string of the molecule is CC(Cc1ccc(OC(F)(F)F)cc1)C(=O)NCc1cscn1. The number of amides is 1. The molecular formula is C15H15F3N2O2S. The molecule has 0 aliphatic rings. The summed E-state index contributed by atoms with van der Waals surface area (Å²) in [7, 11) is 0. The van der Waals surface area contributed by atoms with E-state index in [0.29, 0.717) is 13.0 Å². The molecule has 0 aliphatic heterocycles. The molecule has 2 rings (SSSR count). The maximum Gasteiger partial charge on any atom is 0.573 e. The van der Waals surface area contributed by atoms with Crippen LogP contribution in [0.15, 0.2) is 35.2 Å². The van der Waals surface area contributed by atoms with Crippen LogP contribution in [0.2, 0.25) is 0 Å². The highest BCUT2D eigenvalue weighted by atomic mass is 32.1. The van der Waals surface area contributed by atoms with Gasteiger partial charge in [0.2, 0.25) is 5.91 Å². The summed E-state index contributed by atoms with van der Waals surface area (Å²) in [5.41, 5.74) is 3.25. The fourth-order valence-electron chi connectivity index (χ4n) is 1.95. The molecule has 1 N–H and O–H groups in total. The first-order valence-electron chi connectivity index (χ1n) is 6.83. The Morgan fingerprint density at radius 1 is 1.35 bits per heavy atom. The number of benzene rings is 1. The molecule has 0 fully saturated rings. The third-order valence-electron chi connectivity index (χ3n) is 3.07. The highest BCUT2D eigenvalue weighted by molar-refractivity contribution is 7.07. The molecule has 4 nitrogen and oxygen atoms in total. The summed E-state index contributed by atoms with van der Waals surface area (Å²) in [6, 6.07) is 5.52. The molecule has 1 heterocycles. The number of nitrogens with one attached hydrogen (secondary N) is 1. The Bertz CT molecular complexity index is 627. The molecule has 1 aromatic carbocycles. The number of rotatable bonds is 6. The number of hydrogen-bond acceptors (Lipinski definition) is 4. The fourth-order valence-corrected chi connectivity index (χ4v) is 2.51. The van der Waals surface area contributed by atoms with Gasteiger partial charge >= 0.3 is 6.36 Å². The van der Waals surface area contributed by atoms with Crippen LogP contribution in [-0.2, 0) is 17.8 Å². The minimum atomic E-state index is -4.70. The van der Waals surface area contributed by atoms with E-state index >= 15 is 0 Å². The van der Waals surface area contributed by atoms with Crippen molar-refractivity contribution in [3.05, 3.63) is 46.4 Å². The maximum atomic E-state index is 12.1. The molecular weight excluding hydrogens is 329 g/mol. The van der Waals surface area contributed by atoms with Gasteiger partial charge in [0.05, 0.1) is 17.7 Å². The smallest absolute Gasteiger partial charge is 0.406 e. The van der Waals surface area contributed by atoms with Crippen molar-refractivity contribution in [2.24, 2.45) is 5.92 Å². The van der Waals surface area contributed by atoms with Crippen molar-refractivity contribution in [3.8, 4) is 5.75 Å². The topological polar surface area (TPSA) is 51.2 Å². The van der Waals surface area contributed by atoms with Crippen LogP contribution in [0.4, 0.5) is 13.2 Å². The van der Waals surface area contributed by atoms with Crippen molar-refractivity contribution >= 4 is 17.2 Å². The van der Waals surface area contributed by atoms with Crippen LogP contribution < -0.4 is 10.1 Å². The summed E-state index contributed by atoms with van der Waals surface area (Å²) in [6.07, 6.45) is -4.28. The Labute approximate surface area is 135 Å². The molecule has 2 aromatic rings. The lowest BCUT2D eigenvalue weighted by molar-refractivity contribution is -0.274. The molecule has 23 heavy (non-hydrogen) atoms. The second kappa shape index (κ2) is 7.45. The van der Waals surface area contributed by atoms with Gasteiger partial charge in [-0.15, -0.1) is 24.5 Å². The minimum Gasteiger partial charge on any atom is -0.406 e. The predicted molar refractivity (Wildman–Crippen MR) is 80.0 cm³/mol. The molecule has 0 bridgehead atoms. The van der Waals surface area contributed by atoms with E-state index in [-0.39, 0.29) is 17.6 Å². The third kappa shape index (κ3) is 5.90. The zero-order chi connectivity index (χ0) is 16.9. The summed E-state index contributed by atoms with van der Waals surface area (Å²) in [4.78, 5) is 16.1. The Balaban J connectivity index is 1.84. The zero-order valence-corrected chi connectivity index (χ0v) is 13.1. The first kappa shape index (κ1) is 17.3. The average Bonchev–Trinajstić information content (AvgIpc) is 2.98. The number of ether oxygens (including phenoxy) is 1. The van der Waals surface area contributed by atoms with Crippen LogP contribution >= 0.6 is 11.3 Å². The molecule has 124 valence electrons. The predicted octanol–water partition coefficient (Wildman–Crippen LogP) is 3.54. The van der Waals surface area contributed by atoms with Crippen molar-refractivity contribution in [1.29, 1.82) is 0 Å². The molecule has 1 unspecified atom stereocenters. The highest BCUT2D eigenvalue weighted by Gasteiger charge is 2.30. The van der Waals surface area contributed by atoms with Gasteiger partial charge in [-0.25, -0.2) is 4.98 Å². The van der Waals surface area contributed by atoms with Crippen LogP contribution in [0.1, 0.15) is 18.2 Å². The molecule has 1 atom stereocenters. The largest absolute Gasteiger partial charge is 0.573 e. The summed E-state index contributed by atoms with van der Waals surface area (Å²) >= 11 is 1.45. The van der Waals surface area contributed by atoms with Gasteiger partial charge in [0.1, 0.15) is 5.75 Å². The van der Waals surface area contributed by atoms with Gasteiger partial charge in [-0.2, -0.15) is 0 Å². The van der Waals surface area contributed by atoms with E-state index in [1.807, 2.05) is 5.38 Å². The van der Waals surface area contributed by atoms with Gasteiger partial charge in [0.25, 0.3) is 0 Å². The number of nitrogens with zero attached hydrogens (tertiary/aromatic N) is 1. The van der Waals surface area contributed by atoms with Crippen LogP contribution in [0.3, 0.4) is 0 Å². The van der Waals surface area contributed by atoms with Crippen molar-refractivity contribution < 1.29 is 22.7 Å². The zero-order valence-electron chi connectivity index (χ0n) is 12.3. The molecule has 0 saturated carbocycles. The number of thiazole rings is 1. The van der Waals surface area contributed by atoms with E-state index < -0.39 is 6.36 Å². The molecule has 1 aromatic heterocycles. The highest BCUT2D eigenvalue weighted by Crippen LogP contribution is 2.23. The van der Waals surface area contributed by atoms with Gasteiger partial charge in [0.15, 0.2) is 0 Å². The number of alkyl halides is 3. The number of halogens is 3. The summed E-state index contributed by atoms with van der Waals surface area (Å²) in [5, 5.41) is 4.63. The standard InChI is InChI=1S/C15H15F3N2O2S/c1-10(14(21)19-7-12-8-23-9-20-12)6-11-2-4-13(5-3-11)22-15(16,17)18/h2-5,8-10H,6-7H2,1H3,(H,19,21). The molecule has 0 spiro atoms. The second-order valence-electron chi connectivity index (χ2n) is 4.99. The van der Waals surface area contributed by atoms with Gasteiger partial charge in [-0.1, -0.05) is 19.1 Å². The van der Waals surface area contributed by atoms with E-state index in [9.17, 15) is 18.0 Å². The van der Waals surface area contributed by atoms with Crippen molar-refractivity contribution in [1.82, 2.24) is 10.3 Å². The Morgan fingerprint density at radius 3 is 2.61 bits per heavy atom. The van der Waals surface area contributed by atoms with E-state index in [1.165, 1.54) is 35.6 Å².